The second kappa shape index (κ2) is 11.7. The predicted molar refractivity (Wildman–Crippen MR) is 152 cm³/mol. The van der Waals surface area contributed by atoms with Gasteiger partial charge in [-0.2, -0.15) is 0 Å². The summed E-state index contributed by atoms with van der Waals surface area (Å²) in [5.41, 5.74) is 4.09. The molecule has 0 spiro atoms. The van der Waals surface area contributed by atoms with Gasteiger partial charge in [-0.3, -0.25) is 19.3 Å². The van der Waals surface area contributed by atoms with E-state index in [4.69, 9.17) is 27.9 Å². The van der Waals surface area contributed by atoms with Gasteiger partial charge in [0.1, 0.15) is 5.75 Å². The lowest BCUT2D eigenvalue weighted by molar-refractivity contribution is -0.123. The van der Waals surface area contributed by atoms with Gasteiger partial charge in [-0.05, 0) is 101 Å². The predicted octanol–water partition coefficient (Wildman–Crippen LogP) is 7.63. The van der Waals surface area contributed by atoms with Crippen molar-refractivity contribution in [3.05, 3.63) is 96.3 Å². The number of benzene rings is 3. The number of aryl methyl sites for hydroxylation is 2. The standard InChI is InChI=1S/C27H21BrCl2N2O4S/c1-15-10-20(28)23(11-16(15)2)31-25(33)14-36-18-8-6-17(7-9-18)12-24-26(34)32(27(35)37-24)13-19-21(29)4-3-5-22(19)30/h3-12H,13-14H2,1-2H3,(H,31,33)/b24-12+. The largest absolute Gasteiger partial charge is 0.484 e. The third kappa shape index (κ3) is 6.57. The number of ether oxygens (including phenoxy) is 1. The van der Waals surface area contributed by atoms with Crippen molar-refractivity contribution in [3.63, 3.8) is 0 Å². The number of nitrogens with one attached hydrogen (secondary N) is 1. The number of anilines is 1. The molecule has 0 aliphatic carbocycles. The van der Waals surface area contributed by atoms with Crippen LogP contribution in [0.25, 0.3) is 6.08 Å². The topological polar surface area (TPSA) is 75.7 Å². The average Bonchev–Trinajstić information content (AvgIpc) is 3.11. The first kappa shape index (κ1) is 27.3. The van der Waals surface area contributed by atoms with Gasteiger partial charge in [-0.15, -0.1) is 0 Å². The Kier molecular flexibility index (Phi) is 8.64. The molecule has 0 atom stereocenters. The number of rotatable bonds is 7. The molecule has 1 aliphatic heterocycles. The lowest BCUT2D eigenvalue weighted by atomic mass is 10.1. The lowest BCUT2D eigenvalue weighted by Gasteiger charge is -2.14. The fourth-order valence-corrected chi connectivity index (χ4v) is 5.41. The van der Waals surface area contributed by atoms with Crippen molar-refractivity contribution in [2.75, 3.05) is 11.9 Å². The first-order valence-electron chi connectivity index (χ1n) is 11.1. The van der Waals surface area contributed by atoms with E-state index in [1.54, 1.807) is 48.5 Å². The molecular weight excluding hydrogens is 599 g/mol. The Morgan fingerprint density at radius 3 is 2.38 bits per heavy atom. The summed E-state index contributed by atoms with van der Waals surface area (Å²) in [7, 11) is 0. The van der Waals surface area contributed by atoms with Crippen LogP contribution >= 0.6 is 50.9 Å². The van der Waals surface area contributed by atoms with Crippen LogP contribution in [0.4, 0.5) is 10.5 Å². The second-order valence-electron chi connectivity index (χ2n) is 8.29. The van der Waals surface area contributed by atoms with Crippen LogP contribution in [0.2, 0.25) is 10.0 Å². The van der Waals surface area contributed by atoms with Gasteiger partial charge in [-0.1, -0.05) is 41.4 Å². The molecule has 10 heteroatoms. The molecule has 37 heavy (non-hydrogen) atoms. The Morgan fingerprint density at radius 2 is 1.70 bits per heavy atom. The van der Waals surface area contributed by atoms with E-state index in [1.165, 1.54) is 0 Å². The first-order valence-corrected chi connectivity index (χ1v) is 13.5. The van der Waals surface area contributed by atoms with Crippen molar-refractivity contribution < 1.29 is 19.1 Å². The van der Waals surface area contributed by atoms with Crippen LogP contribution in [0.3, 0.4) is 0 Å². The third-order valence-electron chi connectivity index (χ3n) is 5.66. The van der Waals surface area contributed by atoms with E-state index < -0.39 is 11.1 Å². The first-order chi connectivity index (χ1) is 17.6. The quantitative estimate of drug-likeness (QED) is 0.275. The van der Waals surface area contributed by atoms with E-state index in [2.05, 4.69) is 21.2 Å². The molecule has 0 saturated carbocycles. The number of hydrogen-bond acceptors (Lipinski definition) is 5. The zero-order valence-electron chi connectivity index (χ0n) is 19.8. The molecule has 6 nitrogen and oxygen atoms in total. The van der Waals surface area contributed by atoms with E-state index in [0.29, 0.717) is 37.5 Å². The van der Waals surface area contributed by atoms with Crippen molar-refractivity contribution in [2.24, 2.45) is 0 Å². The Balaban J connectivity index is 1.36. The summed E-state index contributed by atoms with van der Waals surface area (Å²) in [6.45, 7) is 3.81. The molecule has 0 bridgehead atoms. The minimum absolute atomic E-state index is 0.00587. The van der Waals surface area contributed by atoms with E-state index in [0.717, 1.165) is 32.3 Å². The maximum atomic E-state index is 12.9. The maximum absolute atomic E-state index is 12.9. The number of imide groups is 1. The molecular formula is C27H21BrCl2N2O4S. The number of carbonyl (C=O) groups is 3. The molecule has 4 rings (SSSR count). The van der Waals surface area contributed by atoms with Gasteiger partial charge in [0.2, 0.25) is 0 Å². The van der Waals surface area contributed by atoms with Gasteiger partial charge in [-0.25, -0.2) is 0 Å². The highest BCUT2D eigenvalue weighted by molar-refractivity contribution is 9.10. The zero-order chi connectivity index (χ0) is 26.7. The molecule has 3 aromatic rings. The summed E-state index contributed by atoms with van der Waals surface area (Å²) in [4.78, 5) is 39.1. The summed E-state index contributed by atoms with van der Waals surface area (Å²) >= 11 is 16.7. The molecule has 1 aliphatic rings. The van der Waals surface area contributed by atoms with Crippen molar-refractivity contribution in [1.82, 2.24) is 4.90 Å². The molecule has 190 valence electrons. The van der Waals surface area contributed by atoms with Gasteiger partial charge in [0.05, 0.1) is 17.1 Å². The van der Waals surface area contributed by atoms with E-state index in [9.17, 15) is 14.4 Å². The molecule has 3 aromatic carbocycles. The number of thioether (sulfide) groups is 1. The summed E-state index contributed by atoms with van der Waals surface area (Å²) in [5, 5.41) is 3.22. The number of hydrogen-bond donors (Lipinski definition) is 1. The van der Waals surface area contributed by atoms with Gasteiger partial charge < -0.3 is 10.1 Å². The molecule has 0 radical (unpaired) electrons. The lowest BCUT2D eigenvalue weighted by Crippen LogP contribution is -2.27. The van der Waals surface area contributed by atoms with Crippen LogP contribution in [0.15, 0.2) is 64.0 Å². The normalized spacial score (nSPS) is 14.4. The zero-order valence-corrected chi connectivity index (χ0v) is 23.7. The highest BCUT2D eigenvalue weighted by Gasteiger charge is 2.35. The molecule has 1 heterocycles. The van der Waals surface area contributed by atoms with Crippen molar-refractivity contribution in [2.45, 2.75) is 20.4 Å². The van der Waals surface area contributed by atoms with Gasteiger partial charge in [0.25, 0.3) is 17.1 Å². The molecule has 0 aromatic heterocycles. The smallest absolute Gasteiger partial charge is 0.293 e. The Morgan fingerprint density at radius 1 is 1.05 bits per heavy atom. The molecule has 1 fully saturated rings. The number of amides is 3. The van der Waals surface area contributed by atoms with Gasteiger partial charge in [0.15, 0.2) is 6.61 Å². The van der Waals surface area contributed by atoms with Crippen LogP contribution < -0.4 is 10.1 Å². The Bertz CT molecular complexity index is 1410. The fourth-order valence-electron chi connectivity index (χ4n) is 3.50. The van der Waals surface area contributed by atoms with E-state index in [1.807, 2.05) is 26.0 Å². The van der Waals surface area contributed by atoms with Gasteiger partial charge in [0, 0.05) is 20.1 Å². The summed E-state index contributed by atoms with van der Waals surface area (Å²) < 4.78 is 6.39. The number of carbonyl (C=O) groups excluding carboxylic acids is 3. The average molecular weight is 620 g/mol. The SMILES string of the molecule is Cc1cc(Br)c(NC(=O)COc2ccc(/C=C3/SC(=O)N(Cc4c(Cl)cccc4Cl)C3=O)cc2)cc1C. The number of halogens is 3. The van der Waals surface area contributed by atoms with Crippen LogP contribution in [0.5, 0.6) is 5.75 Å². The highest BCUT2D eigenvalue weighted by Crippen LogP contribution is 2.35. The van der Waals surface area contributed by atoms with Gasteiger partial charge >= 0.3 is 0 Å². The monoisotopic (exact) mass is 618 g/mol. The van der Waals surface area contributed by atoms with Crippen molar-refractivity contribution in [3.8, 4) is 5.75 Å². The minimum atomic E-state index is -0.416. The maximum Gasteiger partial charge on any atom is 0.293 e. The molecule has 1 saturated heterocycles. The van der Waals surface area contributed by atoms with Crippen molar-refractivity contribution in [1.29, 1.82) is 0 Å². The fraction of sp³-hybridized carbons (Fsp3) is 0.148. The minimum Gasteiger partial charge on any atom is -0.484 e. The summed E-state index contributed by atoms with van der Waals surface area (Å²) in [6, 6.07) is 15.7. The highest BCUT2D eigenvalue weighted by atomic mass is 79.9. The third-order valence-corrected chi connectivity index (χ3v) is 7.93. The Hall–Kier alpha value is -2.78. The molecule has 3 amide bonds. The van der Waals surface area contributed by atoms with E-state index >= 15 is 0 Å². The molecule has 0 unspecified atom stereocenters. The summed E-state index contributed by atoms with van der Waals surface area (Å²) in [6.07, 6.45) is 1.63. The van der Waals surface area contributed by atoms with Crippen LogP contribution in [-0.4, -0.2) is 28.6 Å². The summed E-state index contributed by atoms with van der Waals surface area (Å²) in [5.74, 6) is -0.214. The molecule has 1 N–H and O–H groups in total. The Labute approximate surface area is 237 Å². The second-order valence-corrected chi connectivity index (χ2v) is 11.0. The van der Waals surface area contributed by atoms with Crippen LogP contribution in [0.1, 0.15) is 22.3 Å². The number of nitrogens with zero attached hydrogens (tertiary/aromatic N) is 1. The van der Waals surface area contributed by atoms with Crippen LogP contribution in [-0.2, 0) is 16.1 Å². The van der Waals surface area contributed by atoms with E-state index in [-0.39, 0.29) is 19.1 Å². The van der Waals surface area contributed by atoms with Crippen LogP contribution in [0, 0.1) is 13.8 Å². The van der Waals surface area contributed by atoms with Crippen molar-refractivity contribution >= 4 is 79.7 Å².